The fourth-order valence-electron chi connectivity index (χ4n) is 3.71. The van der Waals surface area contributed by atoms with Crippen molar-refractivity contribution in [2.45, 2.75) is 11.8 Å². The topological polar surface area (TPSA) is 66.4 Å². The summed E-state index contributed by atoms with van der Waals surface area (Å²) in [6.45, 7) is 4.06. The highest BCUT2D eigenvalue weighted by molar-refractivity contribution is 7.89. The zero-order chi connectivity index (χ0) is 20.0. The van der Waals surface area contributed by atoms with Crippen molar-refractivity contribution in [1.29, 1.82) is 0 Å². The van der Waals surface area contributed by atoms with Gasteiger partial charge in [-0.25, -0.2) is 13.4 Å². The first kappa shape index (κ1) is 18.5. The molecule has 0 unspecified atom stereocenters. The summed E-state index contributed by atoms with van der Waals surface area (Å²) in [4.78, 5) is 11.6. The van der Waals surface area contributed by atoms with Crippen molar-refractivity contribution >= 4 is 47.6 Å². The van der Waals surface area contributed by atoms with Gasteiger partial charge >= 0.3 is 0 Å². The molecule has 0 aliphatic carbocycles. The SMILES string of the molecule is Cc1cnc2c(S(=O)(=O)N3CCN(c4nc5ccccc5s4)CC3)cccc2c1. The molecule has 0 amide bonds. The number of aromatic nitrogens is 2. The van der Waals surface area contributed by atoms with Gasteiger partial charge in [0.05, 0.1) is 15.7 Å². The van der Waals surface area contributed by atoms with Crippen LogP contribution in [0.1, 0.15) is 5.56 Å². The average Bonchev–Trinajstić information content (AvgIpc) is 3.17. The van der Waals surface area contributed by atoms with E-state index in [4.69, 9.17) is 4.98 Å². The molecule has 1 saturated heterocycles. The maximum atomic E-state index is 13.3. The van der Waals surface area contributed by atoms with Crippen LogP contribution < -0.4 is 4.90 Å². The van der Waals surface area contributed by atoms with Crippen molar-refractivity contribution in [3.05, 3.63) is 60.3 Å². The minimum Gasteiger partial charge on any atom is -0.345 e. The Bertz CT molecular complexity index is 1280. The Hall–Kier alpha value is -2.55. The van der Waals surface area contributed by atoms with Gasteiger partial charge in [-0.2, -0.15) is 4.31 Å². The minimum atomic E-state index is -3.60. The van der Waals surface area contributed by atoms with Crippen LogP contribution in [0.3, 0.4) is 0 Å². The van der Waals surface area contributed by atoms with E-state index in [1.807, 2.05) is 37.3 Å². The van der Waals surface area contributed by atoms with Crippen LogP contribution in [-0.4, -0.2) is 48.9 Å². The monoisotopic (exact) mass is 424 g/mol. The van der Waals surface area contributed by atoms with E-state index < -0.39 is 10.0 Å². The van der Waals surface area contributed by atoms with Crippen LogP contribution in [0.15, 0.2) is 59.6 Å². The largest absolute Gasteiger partial charge is 0.345 e. The number of fused-ring (bicyclic) bond motifs is 2. The summed E-state index contributed by atoms with van der Waals surface area (Å²) in [5.41, 5.74) is 2.53. The molecule has 148 valence electrons. The van der Waals surface area contributed by atoms with Gasteiger partial charge in [0.15, 0.2) is 5.13 Å². The number of piperazine rings is 1. The lowest BCUT2D eigenvalue weighted by molar-refractivity contribution is 0.385. The summed E-state index contributed by atoms with van der Waals surface area (Å²) in [5.74, 6) is 0. The number of thiazole rings is 1. The molecule has 1 fully saturated rings. The molecule has 5 rings (SSSR count). The summed E-state index contributed by atoms with van der Waals surface area (Å²) in [7, 11) is -3.60. The molecule has 2 aromatic heterocycles. The number of hydrogen-bond acceptors (Lipinski definition) is 6. The first-order valence-corrected chi connectivity index (χ1v) is 11.7. The number of anilines is 1. The van der Waals surface area contributed by atoms with E-state index in [-0.39, 0.29) is 4.90 Å². The lowest BCUT2D eigenvalue weighted by Crippen LogP contribution is -2.48. The Labute approximate surface area is 173 Å². The Morgan fingerprint density at radius 3 is 2.59 bits per heavy atom. The Morgan fingerprint density at radius 2 is 1.79 bits per heavy atom. The first-order valence-electron chi connectivity index (χ1n) is 9.48. The number of rotatable bonds is 3. The summed E-state index contributed by atoms with van der Waals surface area (Å²) in [5, 5.41) is 1.80. The predicted octanol–water partition coefficient (Wildman–Crippen LogP) is 3.66. The number of pyridine rings is 1. The Balaban J connectivity index is 1.40. The van der Waals surface area contributed by atoms with Gasteiger partial charge in [0.2, 0.25) is 10.0 Å². The van der Waals surface area contributed by atoms with E-state index in [0.29, 0.717) is 31.7 Å². The van der Waals surface area contributed by atoms with E-state index in [0.717, 1.165) is 26.3 Å². The number of sulfonamides is 1. The average molecular weight is 425 g/mol. The van der Waals surface area contributed by atoms with Crippen molar-refractivity contribution in [2.24, 2.45) is 0 Å². The van der Waals surface area contributed by atoms with Gasteiger partial charge < -0.3 is 4.90 Å². The molecule has 0 N–H and O–H groups in total. The fraction of sp³-hybridized carbons (Fsp3) is 0.238. The lowest BCUT2D eigenvalue weighted by atomic mass is 10.2. The second-order valence-corrected chi connectivity index (χ2v) is 10.1. The molecule has 6 nitrogen and oxygen atoms in total. The highest BCUT2D eigenvalue weighted by atomic mass is 32.2. The molecule has 0 atom stereocenters. The van der Waals surface area contributed by atoms with E-state index in [9.17, 15) is 8.42 Å². The van der Waals surface area contributed by atoms with Crippen molar-refractivity contribution in [3.63, 3.8) is 0 Å². The third-order valence-corrected chi connectivity index (χ3v) is 8.25. The number of hydrogen-bond donors (Lipinski definition) is 0. The normalized spacial score (nSPS) is 16.0. The van der Waals surface area contributed by atoms with Crippen molar-refractivity contribution in [1.82, 2.24) is 14.3 Å². The van der Waals surface area contributed by atoms with Crippen LogP contribution in [0.25, 0.3) is 21.1 Å². The number of para-hydroxylation sites is 2. The molecule has 2 aromatic carbocycles. The van der Waals surface area contributed by atoms with Crippen molar-refractivity contribution in [2.75, 3.05) is 31.1 Å². The first-order chi connectivity index (χ1) is 14.0. The van der Waals surface area contributed by atoms with Gasteiger partial charge in [0, 0.05) is 37.8 Å². The van der Waals surface area contributed by atoms with E-state index in [1.54, 1.807) is 34.0 Å². The second-order valence-electron chi connectivity index (χ2n) is 7.20. The predicted molar refractivity (Wildman–Crippen MR) is 117 cm³/mol. The molecule has 4 aromatic rings. The molecule has 29 heavy (non-hydrogen) atoms. The van der Waals surface area contributed by atoms with Crippen LogP contribution in [0, 0.1) is 6.92 Å². The van der Waals surface area contributed by atoms with Gasteiger partial charge in [-0.3, -0.25) is 4.98 Å². The standard InChI is InChI=1S/C21H20N4O2S2/c1-15-13-16-5-4-8-19(20(16)22-14-15)29(26,27)25-11-9-24(10-12-25)21-23-17-6-2-3-7-18(17)28-21/h2-8,13-14H,9-12H2,1H3. The zero-order valence-electron chi connectivity index (χ0n) is 15.9. The maximum Gasteiger partial charge on any atom is 0.245 e. The summed E-state index contributed by atoms with van der Waals surface area (Å²) >= 11 is 1.65. The van der Waals surface area contributed by atoms with Crippen LogP contribution in [0.4, 0.5) is 5.13 Å². The van der Waals surface area contributed by atoms with Crippen LogP contribution in [0.5, 0.6) is 0 Å². The van der Waals surface area contributed by atoms with Gasteiger partial charge in [0.1, 0.15) is 4.90 Å². The van der Waals surface area contributed by atoms with Gasteiger partial charge in [0.25, 0.3) is 0 Å². The molecule has 8 heteroatoms. The third kappa shape index (κ3) is 3.27. The lowest BCUT2D eigenvalue weighted by Gasteiger charge is -2.33. The smallest absolute Gasteiger partial charge is 0.245 e. The number of aryl methyl sites for hydroxylation is 1. The Morgan fingerprint density at radius 1 is 1.00 bits per heavy atom. The molecule has 0 radical (unpaired) electrons. The molecule has 0 spiro atoms. The third-order valence-electron chi connectivity index (χ3n) is 5.22. The number of nitrogens with zero attached hydrogens (tertiary/aromatic N) is 4. The molecular formula is C21H20N4O2S2. The molecule has 1 aliphatic heterocycles. The van der Waals surface area contributed by atoms with Crippen molar-refractivity contribution in [3.8, 4) is 0 Å². The zero-order valence-corrected chi connectivity index (χ0v) is 17.6. The summed E-state index contributed by atoms with van der Waals surface area (Å²) in [6, 6.07) is 15.4. The highest BCUT2D eigenvalue weighted by Gasteiger charge is 2.31. The van der Waals surface area contributed by atoms with Crippen LogP contribution in [-0.2, 0) is 10.0 Å². The van der Waals surface area contributed by atoms with Crippen LogP contribution >= 0.6 is 11.3 Å². The molecular weight excluding hydrogens is 404 g/mol. The van der Waals surface area contributed by atoms with E-state index in [2.05, 4.69) is 16.0 Å². The van der Waals surface area contributed by atoms with E-state index >= 15 is 0 Å². The van der Waals surface area contributed by atoms with Gasteiger partial charge in [-0.1, -0.05) is 35.6 Å². The van der Waals surface area contributed by atoms with Gasteiger partial charge in [-0.15, -0.1) is 0 Å². The number of benzene rings is 2. The molecule has 0 bridgehead atoms. The quantitative estimate of drug-likeness (QED) is 0.502. The van der Waals surface area contributed by atoms with Crippen LogP contribution in [0.2, 0.25) is 0 Å². The minimum absolute atomic E-state index is 0.281. The van der Waals surface area contributed by atoms with Crippen molar-refractivity contribution < 1.29 is 8.42 Å². The maximum absolute atomic E-state index is 13.3. The summed E-state index contributed by atoms with van der Waals surface area (Å²) in [6.07, 6.45) is 1.71. The molecule has 0 saturated carbocycles. The molecule has 1 aliphatic rings. The molecule has 3 heterocycles. The Kier molecular flexibility index (Phi) is 4.49. The fourth-order valence-corrected chi connectivity index (χ4v) is 6.31. The van der Waals surface area contributed by atoms with E-state index in [1.165, 1.54) is 0 Å². The summed E-state index contributed by atoms with van der Waals surface area (Å²) < 4.78 is 29.4. The second kappa shape index (κ2) is 7.05. The van der Waals surface area contributed by atoms with Gasteiger partial charge in [-0.05, 0) is 36.8 Å². The highest BCUT2D eigenvalue weighted by Crippen LogP contribution is 2.30.